The molecular weight excluding hydrogens is 394 g/mol. The first kappa shape index (κ1) is 16.5. The summed E-state index contributed by atoms with van der Waals surface area (Å²) >= 11 is 0. The van der Waals surface area contributed by atoms with E-state index in [0.29, 0.717) is 22.8 Å². The lowest BCUT2D eigenvalue weighted by Gasteiger charge is -2.36. The summed E-state index contributed by atoms with van der Waals surface area (Å²) in [5, 5.41) is 18.2. The molecular formula is C22H27N7O2. The molecule has 0 radical (unpaired) electrons. The van der Waals surface area contributed by atoms with Gasteiger partial charge in [0.05, 0.1) is 16.8 Å². The van der Waals surface area contributed by atoms with Crippen LogP contribution in [0.2, 0.25) is 0 Å². The number of nitrogens with one attached hydrogen (secondary N) is 1. The van der Waals surface area contributed by atoms with E-state index < -0.39 is 12.6 Å². The first-order valence-electron chi connectivity index (χ1n) is 11.9. The van der Waals surface area contributed by atoms with Crippen LogP contribution in [0.5, 0.6) is 5.88 Å². The number of aromatic nitrogens is 6. The van der Waals surface area contributed by atoms with Crippen LogP contribution in [0.4, 0.5) is 5.95 Å². The molecule has 9 nitrogen and oxygen atoms in total. The summed E-state index contributed by atoms with van der Waals surface area (Å²) in [7, 11) is -2.68. The number of rotatable bonds is 5. The fourth-order valence-electron chi connectivity index (χ4n) is 4.44. The molecule has 1 fully saturated rings. The van der Waals surface area contributed by atoms with Gasteiger partial charge in [0.1, 0.15) is 5.52 Å². The molecule has 4 aromatic rings. The standard InChI is InChI=1S/C22H27N7O2/c1-22(2,30)15-4-6-16(7-5-15)25-20-26-19(31-3)18-17(8-10-29(18)27-20)14-12-24-21-23-9-11-28(21)13-14/h8-13,15-16,30H,4-7H2,1-3H3,(H,25,27)/i3D3. The molecule has 5 rings (SSSR count). The lowest BCUT2D eigenvalue weighted by Crippen LogP contribution is -2.37. The molecule has 0 atom stereocenters. The van der Waals surface area contributed by atoms with Gasteiger partial charge in [-0.3, -0.25) is 4.40 Å². The van der Waals surface area contributed by atoms with Gasteiger partial charge in [0.25, 0.3) is 0 Å². The second kappa shape index (κ2) is 7.49. The lowest BCUT2D eigenvalue weighted by atomic mass is 9.77. The molecule has 0 saturated heterocycles. The zero-order valence-corrected chi connectivity index (χ0v) is 17.5. The van der Waals surface area contributed by atoms with Crippen LogP contribution in [0.3, 0.4) is 0 Å². The zero-order valence-electron chi connectivity index (χ0n) is 20.5. The topological polar surface area (TPSA) is 102 Å². The van der Waals surface area contributed by atoms with Gasteiger partial charge in [-0.2, -0.15) is 4.98 Å². The Morgan fingerprint density at radius 2 is 2.06 bits per heavy atom. The predicted molar refractivity (Wildman–Crippen MR) is 117 cm³/mol. The van der Waals surface area contributed by atoms with E-state index in [1.165, 1.54) is 0 Å². The third kappa shape index (κ3) is 3.69. The minimum atomic E-state index is -2.68. The molecule has 0 unspecified atom stereocenters. The number of nitrogens with zero attached hydrogens (tertiary/aromatic N) is 6. The molecule has 9 heteroatoms. The molecule has 0 spiro atoms. The Morgan fingerprint density at radius 3 is 2.84 bits per heavy atom. The van der Waals surface area contributed by atoms with Gasteiger partial charge in [0, 0.05) is 48.2 Å². The molecule has 0 aromatic carbocycles. The minimum absolute atomic E-state index is 0.0339. The Hall–Kier alpha value is -3.20. The largest absolute Gasteiger partial charge is 0.479 e. The quantitative estimate of drug-likeness (QED) is 0.507. The highest BCUT2D eigenvalue weighted by Gasteiger charge is 2.31. The summed E-state index contributed by atoms with van der Waals surface area (Å²) in [6.45, 7) is 3.70. The molecule has 0 amide bonds. The van der Waals surface area contributed by atoms with Crippen LogP contribution in [-0.2, 0) is 0 Å². The fraction of sp³-hybridized carbons (Fsp3) is 0.455. The summed E-state index contributed by atoms with van der Waals surface area (Å²) in [5.41, 5.74) is 1.18. The molecule has 162 valence electrons. The maximum absolute atomic E-state index is 10.3. The van der Waals surface area contributed by atoms with Gasteiger partial charge >= 0.3 is 0 Å². The Kier molecular flexibility index (Phi) is 3.98. The van der Waals surface area contributed by atoms with Crippen molar-refractivity contribution in [2.24, 2.45) is 5.92 Å². The molecule has 31 heavy (non-hydrogen) atoms. The molecule has 1 saturated carbocycles. The minimum Gasteiger partial charge on any atom is -0.479 e. The molecule has 4 aromatic heterocycles. The third-order valence-electron chi connectivity index (χ3n) is 6.19. The summed E-state index contributed by atoms with van der Waals surface area (Å²) in [6, 6.07) is 1.95. The van der Waals surface area contributed by atoms with E-state index in [-0.39, 0.29) is 17.8 Å². The van der Waals surface area contributed by atoms with Crippen molar-refractivity contribution in [2.45, 2.75) is 51.2 Å². The van der Waals surface area contributed by atoms with E-state index in [4.69, 9.17) is 8.85 Å². The first-order valence-corrected chi connectivity index (χ1v) is 10.4. The van der Waals surface area contributed by atoms with Gasteiger partial charge in [0.2, 0.25) is 17.6 Å². The van der Waals surface area contributed by atoms with Crippen LogP contribution in [0.25, 0.3) is 22.4 Å². The van der Waals surface area contributed by atoms with E-state index in [1.54, 1.807) is 33.7 Å². The zero-order chi connectivity index (χ0) is 24.1. The van der Waals surface area contributed by atoms with Crippen molar-refractivity contribution in [1.29, 1.82) is 0 Å². The number of hydrogen-bond acceptors (Lipinski definition) is 7. The van der Waals surface area contributed by atoms with Gasteiger partial charge in [-0.15, -0.1) is 5.10 Å². The van der Waals surface area contributed by atoms with Crippen LogP contribution in [0.15, 0.2) is 37.1 Å². The van der Waals surface area contributed by atoms with Crippen molar-refractivity contribution in [3.05, 3.63) is 37.1 Å². The maximum atomic E-state index is 10.3. The maximum Gasteiger partial charge on any atom is 0.244 e. The van der Waals surface area contributed by atoms with Crippen molar-refractivity contribution < 1.29 is 14.0 Å². The van der Waals surface area contributed by atoms with Gasteiger partial charge < -0.3 is 15.2 Å². The number of fused-ring (bicyclic) bond motifs is 2. The highest BCUT2D eigenvalue weighted by molar-refractivity contribution is 5.84. The summed E-state index contributed by atoms with van der Waals surface area (Å²) in [6.07, 6.45) is 12.2. The first-order chi connectivity index (χ1) is 16.1. The van der Waals surface area contributed by atoms with Crippen LogP contribution < -0.4 is 10.1 Å². The van der Waals surface area contributed by atoms with E-state index in [0.717, 1.165) is 31.2 Å². The highest BCUT2D eigenvalue weighted by atomic mass is 16.5. The van der Waals surface area contributed by atoms with Crippen molar-refractivity contribution in [3.8, 4) is 17.0 Å². The molecule has 4 heterocycles. The molecule has 1 aliphatic carbocycles. The van der Waals surface area contributed by atoms with E-state index in [1.807, 2.05) is 26.1 Å². The van der Waals surface area contributed by atoms with Crippen LogP contribution >= 0.6 is 0 Å². The molecule has 2 N–H and O–H groups in total. The van der Waals surface area contributed by atoms with Crippen LogP contribution in [0.1, 0.15) is 43.6 Å². The molecule has 0 aliphatic heterocycles. The second-order valence-corrected chi connectivity index (χ2v) is 8.69. The van der Waals surface area contributed by atoms with Crippen LogP contribution in [0, 0.1) is 5.92 Å². The van der Waals surface area contributed by atoms with Gasteiger partial charge in [-0.1, -0.05) is 0 Å². The fourth-order valence-corrected chi connectivity index (χ4v) is 4.44. The summed E-state index contributed by atoms with van der Waals surface area (Å²) < 4.78 is 31.6. The normalized spacial score (nSPS) is 21.6. The smallest absolute Gasteiger partial charge is 0.244 e. The Bertz CT molecular complexity index is 1320. The van der Waals surface area contributed by atoms with E-state index in [9.17, 15) is 5.11 Å². The number of methoxy groups -OCH3 is 1. The summed E-state index contributed by atoms with van der Waals surface area (Å²) in [4.78, 5) is 12.9. The average Bonchev–Trinajstić information content (AvgIpc) is 3.38. The lowest BCUT2D eigenvalue weighted by molar-refractivity contribution is -0.000418. The number of hydrogen-bond donors (Lipinski definition) is 2. The summed E-state index contributed by atoms with van der Waals surface area (Å²) in [5.74, 6) is 1.07. The Balaban J connectivity index is 1.48. The third-order valence-corrected chi connectivity index (χ3v) is 6.19. The SMILES string of the molecule is [2H]C([2H])([2H])Oc1nc(NC2CCC(C(C)(C)O)CC2)nn2ccc(-c3cnc4nccn4c3)c12. The van der Waals surface area contributed by atoms with E-state index >= 15 is 0 Å². The van der Waals surface area contributed by atoms with E-state index in [2.05, 4.69) is 25.4 Å². The number of imidazole rings is 1. The van der Waals surface area contributed by atoms with Gasteiger partial charge in [0.15, 0.2) is 0 Å². The van der Waals surface area contributed by atoms with Crippen molar-refractivity contribution in [3.63, 3.8) is 0 Å². The van der Waals surface area contributed by atoms with Crippen LogP contribution in [-0.4, -0.2) is 52.8 Å². The molecule has 0 bridgehead atoms. The number of ether oxygens (including phenoxy) is 1. The van der Waals surface area contributed by atoms with Crippen molar-refractivity contribution >= 4 is 17.2 Å². The Labute approximate surface area is 184 Å². The van der Waals surface area contributed by atoms with Crippen molar-refractivity contribution in [2.75, 3.05) is 12.4 Å². The Morgan fingerprint density at radius 1 is 1.23 bits per heavy atom. The monoisotopic (exact) mass is 424 g/mol. The van der Waals surface area contributed by atoms with Gasteiger partial charge in [-0.05, 0) is 51.5 Å². The van der Waals surface area contributed by atoms with Crippen molar-refractivity contribution in [1.82, 2.24) is 29.0 Å². The molecule has 1 aliphatic rings. The predicted octanol–water partition coefficient (Wildman–Crippen LogP) is 3.19. The second-order valence-electron chi connectivity index (χ2n) is 8.69. The van der Waals surface area contributed by atoms with Gasteiger partial charge in [-0.25, -0.2) is 14.5 Å². The highest BCUT2D eigenvalue weighted by Crippen LogP contribution is 2.34. The number of aliphatic hydroxyl groups is 1. The number of anilines is 1. The average molecular weight is 425 g/mol.